The fraction of sp³-hybridized carbons (Fsp3) is 0.450. The Hall–Kier alpha value is -2.15. The lowest BCUT2D eigenvalue weighted by atomic mass is 9.71. The molecule has 1 aromatic rings. The van der Waals surface area contributed by atoms with E-state index in [0.717, 1.165) is 12.1 Å². The summed E-state index contributed by atoms with van der Waals surface area (Å²) in [5.74, 6) is -1.36. The van der Waals surface area contributed by atoms with Gasteiger partial charge in [0, 0.05) is 29.3 Å². The van der Waals surface area contributed by atoms with E-state index in [1.54, 1.807) is 26.0 Å². The Morgan fingerprint density at radius 3 is 2.78 bits per heavy atom. The molecule has 1 N–H and O–H groups in total. The number of halogens is 1. The summed E-state index contributed by atoms with van der Waals surface area (Å²) < 4.78 is 11.0. The number of esters is 1. The minimum atomic E-state index is -0.688. The number of phenolic OH excluding ortho intramolecular Hbond substituents is 1. The zero-order valence-corrected chi connectivity index (χ0v) is 17.1. The predicted octanol–water partition coefficient (Wildman–Crippen LogP) is 3.91. The second kappa shape index (κ2) is 7.84. The van der Waals surface area contributed by atoms with Gasteiger partial charge in [0.1, 0.15) is 5.92 Å². The van der Waals surface area contributed by atoms with Crippen molar-refractivity contribution < 1.29 is 24.2 Å². The molecule has 0 fully saturated rings. The van der Waals surface area contributed by atoms with E-state index in [4.69, 9.17) is 9.47 Å². The molecule has 144 valence electrons. The van der Waals surface area contributed by atoms with Gasteiger partial charge in [0.05, 0.1) is 18.2 Å². The lowest BCUT2D eigenvalue weighted by molar-refractivity contribution is -0.146. The number of ether oxygens (including phenoxy) is 2. The fourth-order valence-corrected chi connectivity index (χ4v) is 4.29. The van der Waals surface area contributed by atoms with Crippen LogP contribution in [-0.4, -0.2) is 36.3 Å². The summed E-state index contributed by atoms with van der Waals surface area (Å²) in [6.45, 7) is 3.79. The van der Waals surface area contributed by atoms with Crippen molar-refractivity contribution in [2.45, 2.75) is 39.0 Å². The number of carbonyl (C=O) groups excluding carboxylic acids is 2. The second-order valence-corrected chi connectivity index (χ2v) is 7.51. The quantitative estimate of drug-likeness (QED) is 0.724. The lowest BCUT2D eigenvalue weighted by Crippen LogP contribution is -2.37. The van der Waals surface area contributed by atoms with Gasteiger partial charge in [-0.25, -0.2) is 0 Å². The van der Waals surface area contributed by atoms with Gasteiger partial charge in [-0.2, -0.15) is 0 Å². The highest BCUT2D eigenvalue weighted by Crippen LogP contribution is 2.46. The zero-order valence-electron chi connectivity index (χ0n) is 15.5. The second-order valence-electron chi connectivity index (χ2n) is 6.65. The van der Waals surface area contributed by atoms with E-state index >= 15 is 0 Å². The number of hydrogen-bond acceptors (Lipinski definition) is 6. The van der Waals surface area contributed by atoms with Crippen LogP contribution in [-0.2, 0) is 14.3 Å². The average molecular weight is 436 g/mol. The maximum absolute atomic E-state index is 12.8. The van der Waals surface area contributed by atoms with E-state index in [1.807, 2.05) is 0 Å². The fourth-order valence-electron chi connectivity index (χ4n) is 3.83. The van der Waals surface area contributed by atoms with Crippen LogP contribution in [0.25, 0.3) is 0 Å². The van der Waals surface area contributed by atoms with Crippen LogP contribution in [0.2, 0.25) is 0 Å². The third-order valence-corrected chi connectivity index (χ3v) is 5.61. The molecule has 2 aliphatic rings. The normalized spacial score (nSPS) is 22.2. The molecule has 2 atom stereocenters. The number of rotatable bonds is 4. The number of carbonyl (C=O) groups is 2. The van der Waals surface area contributed by atoms with E-state index in [2.05, 4.69) is 20.9 Å². The molecule has 1 heterocycles. The molecule has 0 spiro atoms. The molecule has 0 radical (unpaired) electrons. The molecule has 6 nitrogen and oxygen atoms in total. The minimum Gasteiger partial charge on any atom is -0.503 e. The van der Waals surface area contributed by atoms with Crippen LogP contribution in [0.5, 0.6) is 11.5 Å². The van der Waals surface area contributed by atoms with Crippen molar-refractivity contribution in [2.24, 2.45) is 10.9 Å². The van der Waals surface area contributed by atoms with Gasteiger partial charge in [-0.1, -0.05) is 0 Å². The highest BCUT2D eigenvalue weighted by atomic mass is 79.9. The first-order valence-corrected chi connectivity index (χ1v) is 9.72. The number of benzene rings is 1. The molecule has 7 heteroatoms. The molecular weight excluding hydrogens is 414 g/mol. The van der Waals surface area contributed by atoms with E-state index in [9.17, 15) is 14.7 Å². The Balaban J connectivity index is 2.21. The third kappa shape index (κ3) is 3.52. The van der Waals surface area contributed by atoms with E-state index in [1.165, 1.54) is 7.11 Å². The summed E-state index contributed by atoms with van der Waals surface area (Å²) in [6, 6.07) is 3.39. The Labute approximate surface area is 166 Å². The molecule has 0 saturated carbocycles. The van der Waals surface area contributed by atoms with E-state index in [-0.39, 0.29) is 23.9 Å². The summed E-state index contributed by atoms with van der Waals surface area (Å²) in [4.78, 5) is 30.1. The SMILES string of the molecule is CCOC(=O)C1C(C)=NC2=C(C(=O)CCC2)[C@H]1c1cc(Br)c(O)c(OC)c1. The number of allylic oxidation sites excluding steroid dienone is 2. The van der Waals surface area contributed by atoms with Crippen molar-refractivity contribution in [1.29, 1.82) is 0 Å². The van der Waals surface area contributed by atoms with Gasteiger partial charge >= 0.3 is 5.97 Å². The smallest absolute Gasteiger partial charge is 0.315 e. The topological polar surface area (TPSA) is 85.2 Å². The lowest BCUT2D eigenvalue weighted by Gasteiger charge is -2.34. The first kappa shape index (κ1) is 19.6. The molecule has 1 aliphatic carbocycles. The predicted molar refractivity (Wildman–Crippen MR) is 104 cm³/mol. The molecule has 0 saturated heterocycles. The molecule has 3 rings (SSSR count). The molecule has 1 unspecified atom stereocenters. The Kier molecular flexibility index (Phi) is 5.69. The number of aromatic hydroxyl groups is 1. The molecule has 0 aromatic heterocycles. The maximum atomic E-state index is 12.8. The average Bonchev–Trinajstić information content (AvgIpc) is 2.63. The summed E-state index contributed by atoms with van der Waals surface area (Å²) in [5.41, 5.74) is 2.66. The van der Waals surface area contributed by atoms with Gasteiger partial charge in [-0.3, -0.25) is 14.6 Å². The summed E-state index contributed by atoms with van der Waals surface area (Å²) in [7, 11) is 1.46. The first-order valence-electron chi connectivity index (χ1n) is 8.93. The number of methoxy groups -OCH3 is 1. The van der Waals surface area contributed by atoms with Crippen molar-refractivity contribution in [1.82, 2.24) is 0 Å². The van der Waals surface area contributed by atoms with Crippen LogP contribution >= 0.6 is 15.9 Å². The van der Waals surface area contributed by atoms with Crippen molar-refractivity contribution >= 4 is 33.4 Å². The molecule has 1 aliphatic heterocycles. The standard InChI is InChI=1S/C20H22BrNO5/c1-4-27-20(25)16-10(2)22-13-6-5-7-14(23)18(13)17(16)11-8-12(21)19(24)15(9-11)26-3/h8-9,16-17,24H,4-7H2,1-3H3/t16?,17-/m0/s1. The summed E-state index contributed by atoms with van der Waals surface area (Å²) in [5, 5.41) is 10.1. The molecule has 1 aromatic carbocycles. The Morgan fingerprint density at radius 2 is 2.11 bits per heavy atom. The van der Waals surface area contributed by atoms with Crippen LogP contribution in [0.15, 0.2) is 32.9 Å². The number of ketones is 1. The molecule has 0 amide bonds. The Morgan fingerprint density at radius 1 is 1.37 bits per heavy atom. The number of Topliss-reactive ketones (excluding diaryl/α,β-unsaturated/α-hetero) is 1. The van der Waals surface area contributed by atoms with E-state index in [0.29, 0.717) is 34.2 Å². The largest absolute Gasteiger partial charge is 0.503 e. The van der Waals surface area contributed by atoms with Gasteiger partial charge < -0.3 is 14.6 Å². The van der Waals surface area contributed by atoms with E-state index < -0.39 is 17.8 Å². The Bertz CT molecular complexity index is 858. The van der Waals surface area contributed by atoms with Crippen LogP contribution in [0.4, 0.5) is 0 Å². The van der Waals surface area contributed by atoms with Crippen molar-refractivity contribution in [3.8, 4) is 11.5 Å². The van der Waals surface area contributed by atoms with Gasteiger partial charge in [0.25, 0.3) is 0 Å². The summed E-state index contributed by atoms with van der Waals surface area (Å²) in [6.07, 6.45) is 1.91. The van der Waals surface area contributed by atoms with Crippen LogP contribution in [0.1, 0.15) is 44.6 Å². The van der Waals surface area contributed by atoms with Crippen molar-refractivity contribution in [3.05, 3.63) is 33.4 Å². The zero-order chi connectivity index (χ0) is 19.7. The number of nitrogens with zero attached hydrogens (tertiary/aromatic N) is 1. The van der Waals surface area contributed by atoms with Gasteiger partial charge in [-0.15, -0.1) is 0 Å². The van der Waals surface area contributed by atoms with Crippen molar-refractivity contribution in [2.75, 3.05) is 13.7 Å². The maximum Gasteiger partial charge on any atom is 0.315 e. The third-order valence-electron chi connectivity index (χ3n) is 5.00. The highest BCUT2D eigenvalue weighted by Gasteiger charge is 2.43. The minimum absolute atomic E-state index is 0.00922. The number of aliphatic imine (C=N–C) groups is 1. The van der Waals surface area contributed by atoms with Crippen molar-refractivity contribution in [3.63, 3.8) is 0 Å². The van der Waals surface area contributed by atoms with Crippen LogP contribution in [0, 0.1) is 5.92 Å². The molecule has 27 heavy (non-hydrogen) atoms. The molecule has 0 bridgehead atoms. The van der Waals surface area contributed by atoms with Crippen LogP contribution in [0.3, 0.4) is 0 Å². The highest BCUT2D eigenvalue weighted by molar-refractivity contribution is 9.10. The first-order chi connectivity index (χ1) is 12.9. The monoisotopic (exact) mass is 435 g/mol. The van der Waals surface area contributed by atoms with Gasteiger partial charge in [0.15, 0.2) is 17.3 Å². The number of phenols is 1. The molecular formula is C20H22BrNO5. The van der Waals surface area contributed by atoms with Gasteiger partial charge in [-0.05, 0) is 60.3 Å². The summed E-state index contributed by atoms with van der Waals surface area (Å²) >= 11 is 3.33. The van der Waals surface area contributed by atoms with Crippen LogP contribution < -0.4 is 4.74 Å². The number of hydrogen-bond donors (Lipinski definition) is 1. The van der Waals surface area contributed by atoms with Gasteiger partial charge in [0.2, 0.25) is 0 Å².